The van der Waals surface area contributed by atoms with Crippen LogP contribution in [-0.2, 0) is 6.42 Å². The standard InChI is InChI=1S/C14H23N/c1-4-7-13-8-5-6-9-14(13)15-11-10-12(2)3/h5-6,8-9,12,15H,4,7,10-11H2,1-3H3. The Hall–Kier alpha value is -0.980. The number of hydrogen-bond acceptors (Lipinski definition) is 1. The molecule has 1 heteroatoms. The lowest BCUT2D eigenvalue weighted by Gasteiger charge is -2.12. The van der Waals surface area contributed by atoms with E-state index in [-0.39, 0.29) is 0 Å². The first-order valence-electron chi connectivity index (χ1n) is 6.05. The first-order valence-corrected chi connectivity index (χ1v) is 6.05. The zero-order valence-corrected chi connectivity index (χ0v) is 10.2. The van der Waals surface area contributed by atoms with Crippen LogP contribution < -0.4 is 5.32 Å². The second-order valence-corrected chi connectivity index (χ2v) is 4.52. The van der Waals surface area contributed by atoms with Crippen molar-refractivity contribution in [2.24, 2.45) is 5.92 Å². The van der Waals surface area contributed by atoms with Crippen LogP contribution in [0.3, 0.4) is 0 Å². The summed E-state index contributed by atoms with van der Waals surface area (Å²) >= 11 is 0. The molecule has 0 atom stereocenters. The smallest absolute Gasteiger partial charge is 0.0372 e. The van der Waals surface area contributed by atoms with Crippen molar-refractivity contribution in [1.82, 2.24) is 0 Å². The van der Waals surface area contributed by atoms with Crippen LogP contribution in [0.2, 0.25) is 0 Å². The van der Waals surface area contributed by atoms with E-state index in [4.69, 9.17) is 0 Å². The predicted molar refractivity (Wildman–Crippen MR) is 68.4 cm³/mol. The molecule has 0 amide bonds. The van der Waals surface area contributed by atoms with Crippen LogP contribution in [0, 0.1) is 5.92 Å². The minimum atomic E-state index is 0.774. The number of benzene rings is 1. The van der Waals surface area contributed by atoms with Gasteiger partial charge in [-0.3, -0.25) is 0 Å². The van der Waals surface area contributed by atoms with Gasteiger partial charge in [-0.15, -0.1) is 0 Å². The lowest BCUT2D eigenvalue weighted by atomic mass is 10.1. The van der Waals surface area contributed by atoms with Crippen LogP contribution in [0.15, 0.2) is 24.3 Å². The lowest BCUT2D eigenvalue weighted by molar-refractivity contribution is 0.607. The average molecular weight is 205 g/mol. The molecule has 84 valence electrons. The Morgan fingerprint density at radius 1 is 1.20 bits per heavy atom. The largest absolute Gasteiger partial charge is 0.385 e. The van der Waals surface area contributed by atoms with Crippen LogP contribution in [0.5, 0.6) is 0 Å². The maximum atomic E-state index is 3.53. The van der Waals surface area contributed by atoms with E-state index in [2.05, 4.69) is 50.4 Å². The second-order valence-electron chi connectivity index (χ2n) is 4.52. The highest BCUT2D eigenvalue weighted by atomic mass is 14.9. The first kappa shape index (κ1) is 12.1. The summed E-state index contributed by atoms with van der Waals surface area (Å²) < 4.78 is 0. The molecule has 1 aromatic carbocycles. The van der Waals surface area contributed by atoms with Gasteiger partial charge in [-0.05, 0) is 30.4 Å². The molecule has 0 aromatic heterocycles. The Labute approximate surface area is 93.9 Å². The zero-order valence-electron chi connectivity index (χ0n) is 10.2. The Balaban J connectivity index is 2.51. The van der Waals surface area contributed by atoms with E-state index in [0.717, 1.165) is 12.5 Å². The fourth-order valence-electron chi connectivity index (χ4n) is 1.68. The van der Waals surface area contributed by atoms with Gasteiger partial charge in [0.25, 0.3) is 0 Å². The third-order valence-corrected chi connectivity index (χ3v) is 2.57. The molecule has 0 spiro atoms. The second kappa shape index (κ2) is 6.49. The highest BCUT2D eigenvalue weighted by Gasteiger charge is 2.00. The maximum absolute atomic E-state index is 3.53. The third kappa shape index (κ3) is 4.37. The van der Waals surface area contributed by atoms with Crippen molar-refractivity contribution in [2.45, 2.75) is 40.0 Å². The minimum absolute atomic E-state index is 0.774. The average Bonchev–Trinajstić information content (AvgIpc) is 2.20. The van der Waals surface area contributed by atoms with Gasteiger partial charge in [0.1, 0.15) is 0 Å². The van der Waals surface area contributed by atoms with Crippen molar-refractivity contribution in [2.75, 3.05) is 11.9 Å². The van der Waals surface area contributed by atoms with Gasteiger partial charge in [-0.25, -0.2) is 0 Å². The molecule has 1 rings (SSSR count). The molecule has 1 N–H and O–H groups in total. The Bertz CT molecular complexity index is 278. The summed E-state index contributed by atoms with van der Waals surface area (Å²) in [5, 5.41) is 3.53. The molecule has 0 bridgehead atoms. The summed E-state index contributed by atoms with van der Waals surface area (Å²) in [4.78, 5) is 0. The van der Waals surface area contributed by atoms with Crippen LogP contribution in [0.4, 0.5) is 5.69 Å². The van der Waals surface area contributed by atoms with Crippen LogP contribution >= 0.6 is 0 Å². The fraction of sp³-hybridized carbons (Fsp3) is 0.571. The molecular weight excluding hydrogens is 182 g/mol. The number of hydrogen-bond donors (Lipinski definition) is 1. The van der Waals surface area contributed by atoms with Crippen molar-refractivity contribution in [1.29, 1.82) is 0 Å². The van der Waals surface area contributed by atoms with Crippen molar-refractivity contribution < 1.29 is 0 Å². The van der Waals surface area contributed by atoms with Crippen LogP contribution in [-0.4, -0.2) is 6.54 Å². The van der Waals surface area contributed by atoms with E-state index in [1.165, 1.54) is 30.5 Å². The number of aryl methyl sites for hydroxylation is 1. The van der Waals surface area contributed by atoms with Gasteiger partial charge in [-0.1, -0.05) is 45.4 Å². The van der Waals surface area contributed by atoms with Crippen LogP contribution in [0.25, 0.3) is 0 Å². The normalized spacial score (nSPS) is 10.7. The van der Waals surface area contributed by atoms with E-state index < -0.39 is 0 Å². The quantitative estimate of drug-likeness (QED) is 0.737. The van der Waals surface area contributed by atoms with E-state index in [9.17, 15) is 0 Å². The number of anilines is 1. The van der Waals surface area contributed by atoms with Crippen molar-refractivity contribution in [3.05, 3.63) is 29.8 Å². The Morgan fingerprint density at radius 3 is 2.60 bits per heavy atom. The van der Waals surface area contributed by atoms with E-state index in [0.29, 0.717) is 0 Å². The summed E-state index contributed by atoms with van der Waals surface area (Å²) in [5.41, 5.74) is 2.77. The molecule has 0 radical (unpaired) electrons. The topological polar surface area (TPSA) is 12.0 Å². The first-order chi connectivity index (χ1) is 7.24. The van der Waals surface area contributed by atoms with Crippen LogP contribution in [0.1, 0.15) is 39.2 Å². The van der Waals surface area contributed by atoms with Gasteiger partial charge in [0.2, 0.25) is 0 Å². The number of para-hydroxylation sites is 1. The van der Waals surface area contributed by atoms with Gasteiger partial charge < -0.3 is 5.32 Å². The maximum Gasteiger partial charge on any atom is 0.0372 e. The van der Waals surface area contributed by atoms with E-state index >= 15 is 0 Å². The molecule has 0 unspecified atom stereocenters. The fourth-order valence-corrected chi connectivity index (χ4v) is 1.68. The molecule has 0 aliphatic rings. The van der Waals surface area contributed by atoms with E-state index in [1.54, 1.807) is 0 Å². The molecular formula is C14H23N. The van der Waals surface area contributed by atoms with Crippen molar-refractivity contribution in [3.63, 3.8) is 0 Å². The molecule has 0 saturated carbocycles. The molecule has 0 aliphatic heterocycles. The highest BCUT2D eigenvalue weighted by Crippen LogP contribution is 2.17. The third-order valence-electron chi connectivity index (χ3n) is 2.57. The molecule has 1 nitrogen and oxygen atoms in total. The Kier molecular flexibility index (Phi) is 5.23. The molecule has 0 heterocycles. The van der Waals surface area contributed by atoms with Crippen molar-refractivity contribution in [3.8, 4) is 0 Å². The lowest BCUT2D eigenvalue weighted by Crippen LogP contribution is -2.06. The highest BCUT2D eigenvalue weighted by molar-refractivity contribution is 5.51. The molecule has 0 saturated heterocycles. The number of nitrogens with one attached hydrogen (secondary N) is 1. The summed E-state index contributed by atoms with van der Waals surface area (Å²) in [6.45, 7) is 7.84. The summed E-state index contributed by atoms with van der Waals surface area (Å²) in [6, 6.07) is 8.64. The SMILES string of the molecule is CCCc1ccccc1NCCC(C)C. The van der Waals surface area contributed by atoms with Gasteiger partial charge in [0.15, 0.2) is 0 Å². The molecule has 1 aromatic rings. The zero-order chi connectivity index (χ0) is 11.1. The molecule has 15 heavy (non-hydrogen) atoms. The van der Waals surface area contributed by atoms with Gasteiger partial charge in [0.05, 0.1) is 0 Å². The van der Waals surface area contributed by atoms with E-state index in [1.807, 2.05) is 0 Å². The predicted octanol–water partition coefficient (Wildman–Crippen LogP) is 4.10. The summed E-state index contributed by atoms with van der Waals surface area (Å²) in [5.74, 6) is 0.774. The van der Waals surface area contributed by atoms with Gasteiger partial charge >= 0.3 is 0 Å². The molecule has 0 fully saturated rings. The monoisotopic (exact) mass is 205 g/mol. The van der Waals surface area contributed by atoms with Crippen molar-refractivity contribution >= 4 is 5.69 Å². The summed E-state index contributed by atoms with van der Waals surface area (Å²) in [6.07, 6.45) is 3.62. The Morgan fingerprint density at radius 2 is 1.93 bits per heavy atom. The number of rotatable bonds is 6. The van der Waals surface area contributed by atoms with Gasteiger partial charge in [0, 0.05) is 12.2 Å². The molecule has 0 aliphatic carbocycles. The minimum Gasteiger partial charge on any atom is -0.385 e. The summed E-state index contributed by atoms with van der Waals surface area (Å²) in [7, 11) is 0. The van der Waals surface area contributed by atoms with Gasteiger partial charge in [-0.2, -0.15) is 0 Å².